The van der Waals surface area contributed by atoms with Crippen molar-refractivity contribution in [2.75, 3.05) is 12.0 Å². The summed E-state index contributed by atoms with van der Waals surface area (Å²) in [6, 6.07) is 7.86. The number of anilines is 1. The standard InChI is InChI=1S/C18H18F3N3O4/c1-2-18(9-19)13(25)12(21)16(28-18)24-8-11(20)14(23-17(24)27)22-15(26)10-6-4-3-5-7-10/h3-8,12-13,16,25H,2,9H2,1H3,(H,22,23,26,27)/t12-,13+,16-,18+/m1/s1. The van der Waals surface area contributed by atoms with E-state index in [1.807, 2.05) is 0 Å². The largest absolute Gasteiger partial charge is 0.387 e. The molecule has 28 heavy (non-hydrogen) atoms. The van der Waals surface area contributed by atoms with Gasteiger partial charge in [-0.2, -0.15) is 4.98 Å². The number of benzene rings is 1. The lowest BCUT2D eigenvalue weighted by Gasteiger charge is -2.27. The Kier molecular flexibility index (Phi) is 5.52. The number of aliphatic hydroxyl groups excluding tert-OH is 1. The Balaban J connectivity index is 1.89. The van der Waals surface area contributed by atoms with Gasteiger partial charge >= 0.3 is 5.69 Å². The van der Waals surface area contributed by atoms with E-state index < -0.39 is 54.0 Å². The Labute approximate surface area is 157 Å². The van der Waals surface area contributed by atoms with Crippen LogP contribution in [0.5, 0.6) is 0 Å². The molecule has 2 aromatic rings. The molecular weight excluding hydrogens is 379 g/mol. The summed E-state index contributed by atoms with van der Waals surface area (Å²) in [5.74, 6) is -2.46. The van der Waals surface area contributed by atoms with Gasteiger partial charge in [0.2, 0.25) is 0 Å². The van der Waals surface area contributed by atoms with Gasteiger partial charge in [0.25, 0.3) is 5.91 Å². The molecule has 1 aliphatic rings. The van der Waals surface area contributed by atoms with Gasteiger partial charge in [0.15, 0.2) is 24.0 Å². The molecule has 1 amide bonds. The molecule has 0 radical (unpaired) electrons. The third-order valence-electron chi connectivity index (χ3n) is 4.74. The zero-order valence-electron chi connectivity index (χ0n) is 14.8. The fourth-order valence-electron chi connectivity index (χ4n) is 3.01. The van der Waals surface area contributed by atoms with Crippen LogP contribution in [0.3, 0.4) is 0 Å². The first-order valence-corrected chi connectivity index (χ1v) is 8.54. The summed E-state index contributed by atoms with van der Waals surface area (Å²) in [5, 5.41) is 12.1. The molecule has 150 valence electrons. The lowest BCUT2D eigenvalue weighted by Crippen LogP contribution is -2.43. The Morgan fingerprint density at radius 2 is 2.07 bits per heavy atom. The maximum atomic E-state index is 14.5. The number of ether oxygens (including phenoxy) is 1. The van der Waals surface area contributed by atoms with Gasteiger partial charge in [-0.25, -0.2) is 18.0 Å². The van der Waals surface area contributed by atoms with Crippen LogP contribution in [0.4, 0.5) is 19.0 Å². The molecular formula is C18H18F3N3O4. The topological polar surface area (TPSA) is 93.5 Å². The quantitative estimate of drug-likeness (QED) is 0.805. The average molecular weight is 397 g/mol. The summed E-state index contributed by atoms with van der Waals surface area (Å²) in [6.45, 7) is 0.305. The lowest BCUT2D eigenvalue weighted by molar-refractivity contribution is -0.117. The number of hydrogen-bond donors (Lipinski definition) is 2. The number of hydrogen-bond acceptors (Lipinski definition) is 5. The van der Waals surface area contributed by atoms with E-state index in [-0.39, 0.29) is 12.0 Å². The number of alkyl halides is 2. The molecule has 0 bridgehead atoms. The number of nitrogens with zero attached hydrogens (tertiary/aromatic N) is 2. The maximum absolute atomic E-state index is 14.5. The number of amides is 1. The van der Waals surface area contributed by atoms with E-state index in [0.29, 0.717) is 10.8 Å². The fourth-order valence-corrected chi connectivity index (χ4v) is 3.01. The number of rotatable bonds is 5. The molecule has 1 aliphatic heterocycles. The van der Waals surface area contributed by atoms with Crippen LogP contribution in [0.15, 0.2) is 41.3 Å². The average Bonchev–Trinajstić information content (AvgIpc) is 2.96. The van der Waals surface area contributed by atoms with E-state index in [0.717, 1.165) is 0 Å². The number of halogens is 3. The highest BCUT2D eigenvalue weighted by molar-refractivity contribution is 6.03. The SMILES string of the molecule is CC[C@@]1(CF)O[C@@H](n2cc(F)c(NC(=O)c3ccccc3)nc2=O)[C@H](F)[C@@H]1O. The van der Waals surface area contributed by atoms with Crippen molar-refractivity contribution in [2.24, 2.45) is 0 Å². The van der Waals surface area contributed by atoms with Crippen molar-refractivity contribution < 1.29 is 27.8 Å². The van der Waals surface area contributed by atoms with Crippen molar-refractivity contribution in [3.63, 3.8) is 0 Å². The number of carbonyl (C=O) groups is 1. The van der Waals surface area contributed by atoms with Crippen LogP contribution in [-0.2, 0) is 4.74 Å². The molecule has 7 nitrogen and oxygen atoms in total. The predicted molar refractivity (Wildman–Crippen MR) is 92.9 cm³/mol. The van der Waals surface area contributed by atoms with Gasteiger partial charge in [0.05, 0.1) is 6.20 Å². The van der Waals surface area contributed by atoms with Crippen LogP contribution < -0.4 is 11.0 Å². The lowest BCUT2D eigenvalue weighted by atomic mass is 9.94. The van der Waals surface area contributed by atoms with E-state index >= 15 is 0 Å². The van der Waals surface area contributed by atoms with Crippen molar-refractivity contribution in [1.29, 1.82) is 0 Å². The second-order valence-corrected chi connectivity index (χ2v) is 6.40. The monoisotopic (exact) mass is 397 g/mol. The molecule has 1 fully saturated rings. The molecule has 0 saturated carbocycles. The molecule has 0 spiro atoms. The summed E-state index contributed by atoms with van der Waals surface area (Å²) in [5.41, 5.74) is -2.75. The number of carbonyl (C=O) groups excluding carboxylic acids is 1. The third-order valence-corrected chi connectivity index (χ3v) is 4.74. The van der Waals surface area contributed by atoms with Crippen molar-refractivity contribution in [3.8, 4) is 0 Å². The Morgan fingerprint density at radius 3 is 2.64 bits per heavy atom. The summed E-state index contributed by atoms with van der Waals surface area (Å²) >= 11 is 0. The first kappa shape index (κ1) is 20.0. The van der Waals surface area contributed by atoms with Crippen LogP contribution in [0.2, 0.25) is 0 Å². The molecule has 3 rings (SSSR count). The van der Waals surface area contributed by atoms with Gasteiger partial charge in [-0.3, -0.25) is 9.36 Å². The number of nitrogens with one attached hydrogen (secondary N) is 1. The normalized spacial score (nSPS) is 27.0. The van der Waals surface area contributed by atoms with Crippen LogP contribution in [0.1, 0.15) is 29.9 Å². The highest BCUT2D eigenvalue weighted by atomic mass is 19.1. The highest BCUT2D eigenvalue weighted by Crippen LogP contribution is 2.41. The Hall–Kier alpha value is -2.72. The smallest absolute Gasteiger partial charge is 0.351 e. The maximum Gasteiger partial charge on any atom is 0.351 e. The molecule has 2 heterocycles. The first-order valence-electron chi connectivity index (χ1n) is 8.54. The van der Waals surface area contributed by atoms with Crippen LogP contribution in [-0.4, -0.2) is 45.1 Å². The van der Waals surface area contributed by atoms with Gasteiger partial charge in [-0.15, -0.1) is 0 Å². The highest BCUT2D eigenvalue weighted by Gasteiger charge is 2.55. The molecule has 1 aromatic heterocycles. The summed E-state index contributed by atoms with van der Waals surface area (Å²) in [7, 11) is 0. The van der Waals surface area contributed by atoms with Crippen molar-refractivity contribution >= 4 is 11.7 Å². The van der Waals surface area contributed by atoms with Gasteiger partial charge in [0.1, 0.15) is 18.4 Å². The minimum Gasteiger partial charge on any atom is -0.387 e. The second kappa shape index (κ2) is 7.72. The molecule has 4 atom stereocenters. The molecule has 1 saturated heterocycles. The first-order chi connectivity index (χ1) is 13.3. The zero-order chi connectivity index (χ0) is 20.5. The van der Waals surface area contributed by atoms with Crippen LogP contribution in [0.25, 0.3) is 0 Å². The Morgan fingerprint density at radius 1 is 1.39 bits per heavy atom. The molecule has 2 N–H and O–H groups in total. The van der Waals surface area contributed by atoms with E-state index in [2.05, 4.69) is 10.3 Å². The van der Waals surface area contributed by atoms with Gasteiger partial charge in [-0.1, -0.05) is 25.1 Å². The summed E-state index contributed by atoms with van der Waals surface area (Å²) in [4.78, 5) is 27.8. The summed E-state index contributed by atoms with van der Waals surface area (Å²) < 4.78 is 47.9. The van der Waals surface area contributed by atoms with Crippen molar-refractivity contribution in [3.05, 3.63) is 58.4 Å². The number of aliphatic hydroxyl groups is 1. The molecule has 0 unspecified atom stereocenters. The van der Waals surface area contributed by atoms with Crippen LogP contribution >= 0.6 is 0 Å². The van der Waals surface area contributed by atoms with E-state index in [1.54, 1.807) is 18.2 Å². The molecule has 0 aliphatic carbocycles. The molecule has 1 aromatic carbocycles. The van der Waals surface area contributed by atoms with Gasteiger partial charge < -0.3 is 15.2 Å². The fraction of sp³-hybridized carbons (Fsp3) is 0.389. The third kappa shape index (κ3) is 3.40. The van der Waals surface area contributed by atoms with Crippen molar-refractivity contribution in [1.82, 2.24) is 9.55 Å². The number of aromatic nitrogens is 2. The van der Waals surface area contributed by atoms with Gasteiger partial charge in [0, 0.05) is 5.56 Å². The minimum absolute atomic E-state index is 0.0581. The second-order valence-electron chi connectivity index (χ2n) is 6.40. The van der Waals surface area contributed by atoms with E-state index in [9.17, 15) is 27.9 Å². The minimum atomic E-state index is -2.17. The van der Waals surface area contributed by atoms with Crippen molar-refractivity contribution in [2.45, 2.75) is 37.4 Å². The van der Waals surface area contributed by atoms with Crippen LogP contribution in [0, 0.1) is 5.82 Å². The summed E-state index contributed by atoms with van der Waals surface area (Å²) in [6.07, 6.45) is -5.21. The van der Waals surface area contributed by atoms with E-state index in [1.165, 1.54) is 19.1 Å². The zero-order valence-corrected chi connectivity index (χ0v) is 14.8. The Bertz CT molecular complexity index is 918. The van der Waals surface area contributed by atoms with Gasteiger partial charge in [-0.05, 0) is 18.6 Å². The van der Waals surface area contributed by atoms with E-state index in [4.69, 9.17) is 4.74 Å². The molecule has 10 heteroatoms. The predicted octanol–water partition coefficient (Wildman–Crippen LogP) is 1.98.